The third-order valence-electron chi connectivity index (χ3n) is 6.49. The zero-order valence-corrected chi connectivity index (χ0v) is 22.0. The highest BCUT2D eigenvalue weighted by atomic mass is 16.5. The first-order valence-electron chi connectivity index (χ1n) is 12.6. The highest BCUT2D eigenvalue weighted by molar-refractivity contribution is 6.51. The Morgan fingerprint density at radius 3 is 2.48 bits per heavy atom. The molecule has 1 fully saturated rings. The van der Waals surface area contributed by atoms with E-state index in [1.165, 1.54) is 30.2 Å². The third kappa shape index (κ3) is 4.86. The van der Waals surface area contributed by atoms with Gasteiger partial charge in [-0.1, -0.05) is 38.1 Å². The molecule has 1 aromatic heterocycles. The first-order valence-corrected chi connectivity index (χ1v) is 12.6. The van der Waals surface area contributed by atoms with Gasteiger partial charge in [-0.3, -0.25) is 14.5 Å². The van der Waals surface area contributed by atoms with Crippen molar-refractivity contribution in [1.82, 2.24) is 9.97 Å². The molecule has 5 rings (SSSR count). The van der Waals surface area contributed by atoms with E-state index >= 15 is 0 Å². The van der Waals surface area contributed by atoms with Gasteiger partial charge in [-0.2, -0.15) is 0 Å². The maximum absolute atomic E-state index is 13.5. The van der Waals surface area contributed by atoms with Crippen LogP contribution in [-0.2, 0) is 9.59 Å². The lowest BCUT2D eigenvalue weighted by atomic mass is 9.95. The van der Waals surface area contributed by atoms with Crippen LogP contribution >= 0.6 is 0 Å². The Bertz CT molecular complexity index is 1670. The Morgan fingerprint density at radius 1 is 1.00 bits per heavy atom. The SMILES string of the molecule is COc1cccc(C2/C(=C(\O)c3cccc(OCC(C)C)c3)C(=O)C(=O)N2c2nc3ccc(C(=O)O)cc3[nH]2)c1. The summed E-state index contributed by atoms with van der Waals surface area (Å²) in [5, 5.41) is 20.8. The molecule has 1 atom stereocenters. The highest BCUT2D eigenvalue weighted by Crippen LogP contribution is 2.42. The molecule has 10 nitrogen and oxygen atoms in total. The van der Waals surface area contributed by atoms with Crippen molar-refractivity contribution in [2.45, 2.75) is 19.9 Å². The number of aromatic nitrogens is 2. The predicted octanol–water partition coefficient (Wildman–Crippen LogP) is 4.93. The van der Waals surface area contributed by atoms with Gasteiger partial charge < -0.3 is 24.7 Å². The van der Waals surface area contributed by atoms with Crippen LogP contribution in [0.2, 0.25) is 0 Å². The first-order chi connectivity index (χ1) is 19.2. The molecule has 40 heavy (non-hydrogen) atoms. The molecule has 4 aromatic rings. The molecule has 204 valence electrons. The number of benzene rings is 3. The van der Waals surface area contributed by atoms with Gasteiger partial charge in [-0.25, -0.2) is 9.78 Å². The van der Waals surface area contributed by atoms with E-state index in [9.17, 15) is 24.6 Å². The molecule has 10 heteroatoms. The Morgan fingerprint density at radius 2 is 1.75 bits per heavy atom. The number of amides is 1. The fraction of sp³-hybridized carbons (Fsp3) is 0.200. The summed E-state index contributed by atoms with van der Waals surface area (Å²) < 4.78 is 11.2. The molecule has 1 aliphatic rings. The number of nitrogens with zero attached hydrogens (tertiary/aromatic N) is 2. The molecular formula is C30H27N3O7. The van der Waals surface area contributed by atoms with Gasteiger partial charge in [0, 0.05) is 5.56 Å². The number of aromatic amines is 1. The normalized spacial score (nSPS) is 16.6. The maximum Gasteiger partial charge on any atom is 0.335 e. The summed E-state index contributed by atoms with van der Waals surface area (Å²) in [7, 11) is 1.50. The number of aromatic carboxylic acids is 1. The molecule has 0 saturated carbocycles. The number of carbonyl (C=O) groups excluding carboxylic acids is 2. The molecule has 1 amide bonds. The number of aliphatic hydroxyl groups excluding tert-OH is 1. The predicted molar refractivity (Wildman–Crippen MR) is 148 cm³/mol. The quantitative estimate of drug-likeness (QED) is 0.162. The summed E-state index contributed by atoms with van der Waals surface area (Å²) in [4.78, 5) is 47.1. The van der Waals surface area contributed by atoms with E-state index in [-0.39, 0.29) is 28.8 Å². The number of carbonyl (C=O) groups is 3. The van der Waals surface area contributed by atoms with Crippen molar-refractivity contribution in [1.29, 1.82) is 0 Å². The summed E-state index contributed by atoms with van der Waals surface area (Å²) in [6, 6.07) is 16.8. The molecule has 3 aromatic carbocycles. The van der Waals surface area contributed by atoms with Crippen LogP contribution in [-0.4, -0.2) is 51.6 Å². The van der Waals surface area contributed by atoms with Crippen molar-refractivity contribution in [2.24, 2.45) is 5.92 Å². The minimum Gasteiger partial charge on any atom is -0.507 e. The Balaban J connectivity index is 1.67. The van der Waals surface area contributed by atoms with Crippen LogP contribution in [0.3, 0.4) is 0 Å². The van der Waals surface area contributed by atoms with Crippen LogP contribution in [0.25, 0.3) is 16.8 Å². The van der Waals surface area contributed by atoms with Crippen molar-refractivity contribution in [2.75, 3.05) is 18.6 Å². The number of carboxylic acids is 1. The van der Waals surface area contributed by atoms with Gasteiger partial charge in [0.25, 0.3) is 5.78 Å². The van der Waals surface area contributed by atoms with E-state index in [4.69, 9.17) is 9.47 Å². The standard InChI is InChI=1S/C30H27N3O7/c1-16(2)15-40-21-9-5-7-18(13-21)26(34)24-25(17-6-4-8-20(12-17)39-3)33(28(36)27(24)35)30-31-22-11-10-19(29(37)38)14-23(22)32-30/h4-14,16,25,34H,15H2,1-3H3,(H,31,32)(H,37,38)/b26-24+. The Kier molecular flexibility index (Phi) is 7.00. The number of methoxy groups -OCH3 is 1. The molecule has 1 unspecified atom stereocenters. The lowest BCUT2D eigenvalue weighted by Crippen LogP contribution is -2.30. The van der Waals surface area contributed by atoms with Gasteiger partial charge in [0.15, 0.2) is 0 Å². The fourth-order valence-corrected chi connectivity index (χ4v) is 4.57. The molecule has 0 spiro atoms. The fourth-order valence-electron chi connectivity index (χ4n) is 4.57. The number of anilines is 1. The molecule has 1 saturated heterocycles. The van der Waals surface area contributed by atoms with Gasteiger partial charge >= 0.3 is 11.9 Å². The van der Waals surface area contributed by atoms with Crippen molar-refractivity contribution < 1.29 is 34.1 Å². The first kappa shape index (κ1) is 26.5. The lowest BCUT2D eigenvalue weighted by Gasteiger charge is -2.23. The summed E-state index contributed by atoms with van der Waals surface area (Å²) >= 11 is 0. The Hall–Kier alpha value is -5.12. The molecule has 0 bridgehead atoms. The number of rotatable bonds is 8. The Labute approximate surface area is 229 Å². The molecule has 0 aliphatic carbocycles. The van der Waals surface area contributed by atoms with Gasteiger partial charge in [0.05, 0.1) is 41.9 Å². The van der Waals surface area contributed by atoms with Crippen molar-refractivity contribution in [3.63, 3.8) is 0 Å². The average molecular weight is 542 g/mol. The number of H-pyrrole nitrogens is 1. The van der Waals surface area contributed by atoms with Gasteiger partial charge in [0.2, 0.25) is 5.95 Å². The zero-order chi connectivity index (χ0) is 28.6. The van der Waals surface area contributed by atoms with Crippen LogP contribution in [0.15, 0.2) is 72.3 Å². The van der Waals surface area contributed by atoms with E-state index in [0.717, 1.165) is 0 Å². The number of ether oxygens (including phenoxy) is 2. The van der Waals surface area contributed by atoms with Gasteiger partial charge in [-0.05, 0) is 53.9 Å². The molecule has 0 radical (unpaired) electrons. The monoisotopic (exact) mass is 541 g/mol. The number of aliphatic hydroxyl groups is 1. The van der Waals surface area contributed by atoms with E-state index in [1.54, 1.807) is 48.5 Å². The minimum absolute atomic E-state index is 0.0283. The van der Waals surface area contributed by atoms with Gasteiger partial charge in [0.1, 0.15) is 17.3 Å². The largest absolute Gasteiger partial charge is 0.507 e. The minimum atomic E-state index is -1.12. The molecule has 1 aliphatic heterocycles. The number of hydrogen-bond acceptors (Lipinski definition) is 7. The zero-order valence-electron chi connectivity index (χ0n) is 22.0. The van der Waals surface area contributed by atoms with Crippen LogP contribution in [0.5, 0.6) is 11.5 Å². The maximum atomic E-state index is 13.5. The second-order valence-corrected chi connectivity index (χ2v) is 9.78. The summed E-state index contributed by atoms with van der Waals surface area (Å²) in [5.74, 6) is -1.97. The number of carboxylic acid groups (broad SMARTS) is 1. The number of imidazole rings is 1. The van der Waals surface area contributed by atoms with E-state index < -0.39 is 23.7 Å². The number of nitrogens with one attached hydrogen (secondary N) is 1. The van der Waals surface area contributed by atoms with Gasteiger partial charge in [-0.15, -0.1) is 0 Å². The summed E-state index contributed by atoms with van der Waals surface area (Å²) in [5.41, 5.74) is 1.49. The summed E-state index contributed by atoms with van der Waals surface area (Å²) in [6.07, 6.45) is 0. The second kappa shape index (κ2) is 10.6. The molecular weight excluding hydrogens is 514 g/mol. The number of hydrogen-bond donors (Lipinski definition) is 3. The third-order valence-corrected chi connectivity index (χ3v) is 6.49. The number of fused-ring (bicyclic) bond motifs is 1. The van der Waals surface area contributed by atoms with Crippen LogP contribution in [0, 0.1) is 5.92 Å². The van der Waals surface area contributed by atoms with Crippen molar-refractivity contribution in [3.8, 4) is 11.5 Å². The molecule has 2 heterocycles. The van der Waals surface area contributed by atoms with Crippen LogP contribution < -0.4 is 14.4 Å². The molecule has 3 N–H and O–H groups in total. The van der Waals surface area contributed by atoms with E-state index in [0.29, 0.717) is 40.3 Å². The summed E-state index contributed by atoms with van der Waals surface area (Å²) in [6.45, 7) is 4.49. The van der Waals surface area contributed by atoms with E-state index in [2.05, 4.69) is 9.97 Å². The van der Waals surface area contributed by atoms with Crippen LogP contribution in [0.1, 0.15) is 41.4 Å². The van der Waals surface area contributed by atoms with Crippen molar-refractivity contribution >= 4 is 40.4 Å². The highest BCUT2D eigenvalue weighted by Gasteiger charge is 2.48. The van der Waals surface area contributed by atoms with Crippen LogP contribution in [0.4, 0.5) is 5.95 Å². The van der Waals surface area contributed by atoms with Crippen molar-refractivity contribution in [3.05, 3.63) is 89.0 Å². The second-order valence-electron chi connectivity index (χ2n) is 9.78. The van der Waals surface area contributed by atoms with E-state index in [1.807, 2.05) is 13.8 Å². The average Bonchev–Trinajstić information content (AvgIpc) is 3.49. The smallest absolute Gasteiger partial charge is 0.335 e. The topological polar surface area (TPSA) is 142 Å². The number of Topliss-reactive ketones (excluding diaryl/α,β-unsaturated/α-hetero) is 1. The lowest BCUT2D eigenvalue weighted by molar-refractivity contribution is -0.132. The number of ketones is 1.